The number of nitrogens with zero attached hydrogens (tertiary/aromatic N) is 2. The summed E-state index contributed by atoms with van der Waals surface area (Å²) < 4.78 is 5.78. The van der Waals surface area contributed by atoms with Crippen LogP contribution in [0.3, 0.4) is 0 Å². The van der Waals surface area contributed by atoms with E-state index in [1.54, 1.807) is 11.8 Å². The third-order valence-electron chi connectivity index (χ3n) is 9.15. The zero-order chi connectivity index (χ0) is 36.2. The van der Waals surface area contributed by atoms with Crippen molar-refractivity contribution in [1.82, 2.24) is 31.2 Å². The van der Waals surface area contributed by atoms with E-state index in [-0.39, 0.29) is 55.3 Å². The van der Waals surface area contributed by atoms with Crippen LogP contribution in [0.25, 0.3) is 0 Å². The average Bonchev–Trinajstić information content (AvgIpc) is 3.72. The van der Waals surface area contributed by atoms with Gasteiger partial charge in [-0.1, -0.05) is 6.42 Å². The van der Waals surface area contributed by atoms with Crippen LogP contribution in [0.4, 0.5) is 4.79 Å². The number of hydroxylamine groups is 2. The first-order valence-corrected chi connectivity index (χ1v) is 20.5. The van der Waals surface area contributed by atoms with E-state index in [0.717, 1.165) is 48.7 Å². The minimum absolute atomic E-state index is 0.0966. The molecule has 284 valence electrons. The number of aliphatic hydroxyl groups is 3. The first kappa shape index (κ1) is 40.9. The summed E-state index contributed by atoms with van der Waals surface area (Å²) in [5.41, 5.74) is 0. The number of likely N-dealkylation sites (tertiary alicyclic amines) is 1. The van der Waals surface area contributed by atoms with Crippen LogP contribution in [0, 0.1) is 0 Å². The number of fused-ring (bicyclic) bond motifs is 1. The molecule has 19 heteroatoms. The van der Waals surface area contributed by atoms with Gasteiger partial charge in [-0.15, -0.1) is 11.8 Å². The number of urea groups is 1. The van der Waals surface area contributed by atoms with Crippen LogP contribution >= 0.6 is 35.3 Å². The number of nitrogens with one attached hydrogen (secondary N) is 4. The van der Waals surface area contributed by atoms with E-state index in [1.165, 1.54) is 35.8 Å². The smallest absolute Gasteiger partial charge is 0.315 e. The van der Waals surface area contributed by atoms with Gasteiger partial charge in [0.25, 0.3) is 0 Å². The van der Waals surface area contributed by atoms with Gasteiger partial charge in [-0.3, -0.25) is 28.9 Å². The van der Waals surface area contributed by atoms with Gasteiger partial charge in [0.05, 0.1) is 37.1 Å². The third-order valence-corrected chi connectivity index (χ3v) is 13.1. The Bertz CT molecular complexity index is 1180. The molecule has 0 radical (unpaired) electrons. The predicted molar refractivity (Wildman–Crippen MR) is 190 cm³/mol. The molecule has 1 unspecified atom stereocenters. The summed E-state index contributed by atoms with van der Waals surface area (Å²) in [5.74, 6) is 2.36. The van der Waals surface area contributed by atoms with Crippen LogP contribution in [-0.4, -0.2) is 164 Å². The maximum absolute atomic E-state index is 12.9. The molecular formula is C31H52N6O10S3. The summed E-state index contributed by atoms with van der Waals surface area (Å²) in [5, 5.41) is 43.1. The summed E-state index contributed by atoms with van der Waals surface area (Å²) in [7, 11) is 1.45. The largest absolute Gasteiger partial charge is 0.394 e. The number of amides is 6. The lowest BCUT2D eigenvalue weighted by atomic mass is 9.95. The molecule has 16 nitrogen and oxygen atoms in total. The van der Waals surface area contributed by atoms with Gasteiger partial charge in [0.2, 0.25) is 23.6 Å². The molecule has 0 aromatic rings. The van der Waals surface area contributed by atoms with Crippen molar-refractivity contribution in [1.29, 1.82) is 0 Å². The molecule has 7 N–H and O–H groups in total. The Balaban J connectivity index is 1.04. The number of unbranched alkanes of at least 4 members (excludes halogenated alkanes) is 1. The van der Waals surface area contributed by atoms with Crippen molar-refractivity contribution in [2.24, 2.45) is 0 Å². The molecule has 9 atom stereocenters. The van der Waals surface area contributed by atoms with Crippen molar-refractivity contribution in [3.63, 3.8) is 0 Å². The van der Waals surface area contributed by atoms with E-state index in [9.17, 15) is 39.3 Å². The van der Waals surface area contributed by atoms with E-state index >= 15 is 0 Å². The molecule has 6 amide bonds. The summed E-state index contributed by atoms with van der Waals surface area (Å²) >= 11 is 5.07. The van der Waals surface area contributed by atoms with Crippen molar-refractivity contribution in [3.8, 4) is 0 Å². The monoisotopic (exact) mass is 764 g/mol. The van der Waals surface area contributed by atoms with Gasteiger partial charge in [-0.2, -0.15) is 28.6 Å². The Morgan fingerprint density at radius 3 is 2.62 bits per heavy atom. The number of thioether (sulfide) groups is 3. The first-order valence-electron chi connectivity index (χ1n) is 17.2. The maximum Gasteiger partial charge on any atom is 0.315 e. The zero-order valence-corrected chi connectivity index (χ0v) is 31.1. The molecule has 4 aliphatic rings. The number of carbonyl (C=O) groups excluding carboxylic acids is 5. The molecule has 4 aliphatic heterocycles. The quantitative estimate of drug-likeness (QED) is 0.0323. The van der Waals surface area contributed by atoms with Crippen LogP contribution < -0.4 is 21.3 Å². The fourth-order valence-electron chi connectivity index (χ4n) is 6.56. The highest BCUT2D eigenvalue weighted by molar-refractivity contribution is 8.01. The number of hydrogen-bond acceptors (Lipinski definition) is 14. The predicted octanol–water partition coefficient (Wildman–Crippen LogP) is -0.990. The summed E-state index contributed by atoms with van der Waals surface area (Å²) in [6.07, 6.45) is -0.00226. The van der Waals surface area contributed by atoms with Crippen molar-refractivity contribution in [2.45, 2.75) is 105 Å². The number of hydrogen-bond donors (Lipinski definition) is 7. The molecule has 0 spiro atoms. The minimum atomic E-state index is -1.37. The SMILES string of the molecule is CON(CCCSCCCSC1CC(=O)N(CCNC(=O)CCCC[C@@H]2SC[C@@H]3NC(=O)N[C@@H]32)C1=O)[C@@H]1O[C@H](CO)[C@@H](O)[C@H](O)[C@H]1NC(C)=O. The lowest BCUT2D eigenvalue weighted by Crippen LogP contribution is -2.67. The molecular weight excluding hydrogens is 713 g/mol. The standard InChI is InChI=1S/C31H52N6O10S3/c1-18(39)33-26-28(43)27(42)20(16-38)47-30(26)37(46-2)10-5-12-48-13-6-14-49-22-15-24(41)36(29(22)44)11-9-32-23(40)8-4-3-7-21-25-19(17-50-21)34-31(45)35-25/h19-22,25-28,30,38,42-43H,3-17H2,1-2H3,(H,32,40)(H,33,39)(H2,34,35,45)/t19-,20+,21-,22?,25-,26+,27+,28+,30+/m0/s1. The molecule has 0 aliphatic carbocycles. The van der Waals surface area contributed by atoms with E-state index in [0.29, 0.717) is 24.6 Å². The Morgan fingerprint density at radius 1 is 1.10 bits per heavy atom. The molecule has 0 saturated carbocycles. The van der Waals surface area contributed by atoms with Crippen molar-refractivity contribution in [2.75, 3.05) is 56.4 Å². The van der Waals surface area contributed by atoms with E-state index in [4.69, 9.17) is 9.57 Å². The fourth-order valence-corrected chi connectivity index (χ4v) is 10.3. The highest BCUT2D eigenvalue weighted by atomic mass is 32.2. The second kappa shape index (κ2) is 20.4. The van der Waals surface area contributed by atoms with E-state index in [1.807, 2.05) is 11.8 Å². The number of aliphatic hydroxyl groups excluding tert-OH is 3. The summed E-state index contributed by atoms with van der Waals surface area (Å²) in [4.78, 5) is 67.6. The molecule has 50 heavy (non-hydrogen) atoms. The second-order valence-electron chi connectivity index (χ2n) is 12.8. The topological polar surface area (TPSA) is 219 Å². The maximum atomic E-state index is 12.9. The molecule has 0 bridgehead atoms. The molecule has 4 heterocycles. The highest BCUT2D eigenvalue weighted by Gasteiger charge is 2.47. The molecule has 4 fully saturated rings. The Kier molecular flexibility index (Phi) is 16.7. The van der Waals surface area contributed by atoms with Gasteiger partial charge < -0.3 is 41.3 Å². The van der Waals surface area contributed by atoms with Crippen molar-refractivity contribution in [3.05, 3.63) is 0 Å². The second-order valence-corrected chi connectivity index (χ2v) is 16.6. The summed E-state index contributed by atoms with van der Waals surface area (Å²) in [6.45, 7) is 1.60. The van der Waals surface area contributed by atoms with Crippen molar-refractivity contribution < 1.29 is 48.9 Å². The molecule has 4 saturated heterocycles. The lowest BCUT2D eigenvalue weighted by Gasteiger charge is -2.45. The van der Waals surface area contributed by atoms with Gasteiger partial charge in [0.15, 0.2) is 6.23 Å². The third kappa shape index (κ3) is 11.3. The normalized spacial score (nSPS) is 30.8. The number of ether oxygens (including phenoxy) is 1. The number of imide groups is 1. The minimum Gasteiger partial charge on any atom is -0.394 e. The Labute approximate surface area is 305 Å². The zero-order valence-electron chi connectivity index (χ0n) is 28.6. The van der Waals surface area contributed by atoms with Crippen LogP contribution in [-0.2, 0) is 28.8 Å². The number of carbonyl (C=O) groups is 5. The molecule has 0 aromatic heterocycles. The van der Waals surface area contributed by atoms with E-state index < -0.39 is 48.3 Å². The van der Waals surface area contributed by atoms with Gasteiger partial charge in [0.1, 0.15) is 18.3 Å². The van der Waals surface area contributed by atoms with Crippen LogP contribution in [0.5, 0.6) is 0 Å². The van der Waals surface area contributed by atoms with Crippen LogP contribution in [0.15, 0.2) is 0 Å². The molecule has 4 rings (SSSR count). The van der Waals surface area contributed by atoms with E-state index in [2.05, 4.69) is 21.3 Å². The Morgan fingerprint density at radius 2 is 1.88 bits per heavy atom. The average molecular weight is 765 g/mol. The Hall–Kier alpha value is -1.84. The van der Waals surface area contributed by atoms with Crippen LogP contribution in [0.2, 0.25) is 0 Å². The number of rotatable bonds is 21. The van der Waals surface area contributed by atoms with Gasteiger partial charge >= 0.3 is 6.03 Å². The first-order chi connectivity index (χ1) is 24.0. The molecule has 0 aromatic carbocycles. The van der Waals surface area contributed by atoms with Gasteiger partial charge in [-0.05, 0) is 42.9 Å². The van der Waals surface area contributed by atoms with Crippen molar-refractivity contribution >= 4 is 64.9 Å². The van der Waals surface area contributed by atoms with Gasteiger partial charge in [-0.25, -0.2) is 4.79 Å². The fraction of sp³-hybridized carbons (Fsp3) is 0.839. The highest BCUT2D eigenvalue weighted by Crippen LogP contribution is 2.33. The van der Waals surface area contributed by atoms with Gasteiger partial charge in [0, 0.05) is 50.4 Å². The summed E-state index contributed by atoms with van der Waals surface area (Å²) in [6, 6.07) is -0.700. The lowest BCUT2D eigenvalue weighted by molar-refractivity contribution is -0.304. The van der Waals surface area contributed by atoms with Crippen LogP contribution in [0.1, 0.15) is 51.9 Å².